The van der Waals surface area contributed by atoms with Crippen LogP contribution in [0.5, 0.6) is 0 Å². The lowest BCUT2D eigenvalue weighted by molar-refractivity contribution is 0.673. The lowest BCUT2D eigenvalue weighted by atomic mass is 9.93. The van der Waals surface area contributed by atoms with Gasteiger partial charge in [-0.1, -0.05) is 146 Å². The van der Waals surface area contributed by atoms with Crippen molar-refractivity contribution in [1.82, 2.24) is 15.0 Å². The van der Waals surface area contributed by atoms with Gasteiger partial charge < -0.3 is 4.42 Å². The molecule has 0 bridgehead atoms. The van der Waals surface area contributed by atoms with Crippen molar-refractivity contribution in [3.63, 3.8) is 0 Å². The van der Waals surface area contributed by atoms with E-state index in [2.05, 4.69) is 115 Å². The molecule has 2 heterocycles. The molecule has 0 radical (unpaired) electrons. The van der Waals surface area contributed by atoms with Crippen LogP contribution >= 0.6 is 0 Å². The van der Waals surface area contributed by atoms with E-state index < -0.39 is 0 Å². The molecule has 10 aromatic rings. The Hall–Kier alpha value is -6.91. The maximum atomic E-state index is 6.59. The van der Waals surface area contributed by atoms with Crippen molar-refractivity contribution in [2.75, 3.05) is 0 Å². The average Bonchev–Trinajstić information content (AvgIpc) is 3.59. The van der Waals surface area contributed by atoms with E-state index in [9.17, 15) is 0 Å². The summed E-state index contributed by atoms with van der Waals surface area (Å²) < 4.78 is 6.59. The average molecular weight is 652 g/mol. The van der Waals surface area contributed by atoms with Gasteiger partial charge in [-0.05, 0) is 68.7 Å². The summed E-state index contributed by atoms with van der Waals surface area (Å²) in [6, 6.07) is 61.1. The minimum atomic E-state index is 0.630. The standard InChI is InChI=1S/C47H29N3O/c1-3-13-31(14-4-1)45-48-46(32-15-5-2-6-16-32)50-47(49-45)37-19-11-18-34(27-37)35-24-25-43-41(28-35)42-29-40(38-20-9-10-21-39(38)44(42)51-43)36-23-22-30-12-7-8-17-33(30)26-36/h1-29H. The van der Waals surface area contributed by atoms with Gasteiger partial charge in [0.2, 0.25) is 0 Å². The fourth-order valence-corrected chi connectivity index (χ4v) is 7.15. The molecule has 4 nitrogen and oxygen atoms in total. The van der Waals surface area contributed by atoms with Gasteiger partial charge in [0.25, 0.3) is 0 Å². The Kier molecular flexibility index (Phi) is 6.78. The predicted molar refractivity (Wildman–Crippen MR) is 209 cm³/mol. The third-order valence-electron chi connectivity index (χ3n) is 9.69. The van der Waals surface area contributed by atoms with Gasteiger partial charge in [0, 0.05) is 32.8 Å². The van der Waals surface area contributed by atoms with Gasteiger partial charge in [0.1, 0.15) is 11.2 Å². The second kappa shape index (κ2) is 11.9. The van der Waals surface area contributed by atoms with E-state index in [0.717, 1.165) is 55.1 Å². The first-order valence-electron chi connectivity index (χ1n) is 17.1. The maximum Gasteiger partial charge on any atom is 0.164 e. The summed E-state index contributed by atoms with van der Waals surface area (Å²) >= 11 is 0. The Morgan fingerprint density at radius 2 is 0.882 bits per heavy atom. The molecule has 10 rings (SSSR count). The summed E-state index contributed by atoms with van der Waals surface area (Å²) in [6.45, 7) is 0. The van der Waals surface area contributed by atoms with Crippen LogP contribution in [0, 0.1) is 0 Å². The van der Waals surface area contributed by atoms with Gasteiger partial charge >= 0.3 is 0 Å². The first-order chi connectivity index (χ1) is 25.2. The van der Waals surface area contributed by atoms with Gasteiger partial charge in [0.05, 0.1) is 0 Å². The largest absolute Gasteiger partial charge is 0.455 e. The molecule has 0 atom stereocenters. The number of nitrogens with zero attached hydrogens (tertiary/aromatic N) is 3. The second-order valence-corrected chi connectivity index (χ2v) is 12.8. The SMILES string of the molecule is c1ccc(-c2nc(-c3ccccc3)nc(-c3cccc(-c4ccc5oc6c7ccccc7c(-c7ccc8ccccc8c7)cc6c5c4)c3)n2)cc1. The molecule has 4 heteroatoms. The highest BCUT2D eigenvalue weighted by atomic mass is 16.3. The van der Waals surface area contributed by atoms with Crippen molar-refractivity contribution in [2.24, 2.45) is 0 Å². The quantitative estimate of drug-likeness (QED) is 0.186. The topological polar surface area (TPSA) is 51.8 Å². The number of benzene rings is 8. The molecule has 0 unspecified atom stereocenters. The van der Waals surface area contributed by atoms with Crippen LogP contribution in [-0.2, 0) is 0 Å². The minimum absolute atomic E-state index is 0.630. The van der Waals surface area contributed by atoms with E-state index in [1.807, 2.05) is 60.7 Å². The molecule has 0 saturated carbocycles. The number of rotatable bonds is 5. The van der Waals surface area contributed by atoms with Crippen LogP contribution in [0.2, 0.25) is 0 Å². The van der Waals surface area contributed by atoms with Crippen LogP contribution in [0.15, 0.2) is 180 Å². The van der Waals surface area contributed by atoms with Crippen LogP contribution in [0.3, 0.4) is 0 Å². The number of aromatic nitrogens is 3. The normalized spacial score (nSPS) is 11.5. The molecular formula is C47H29N3O. The summed E-state index contributed by atoms with van der Waals surface area (Å²) in [5.74, 6) is 1.92. The highest BCUT2D eigenvalue weighted by Crippen LogP contribution is 2.41. The lowest BCUT2D eigenvalue weighted by Crippen LogP contribution is -2.00. The third-order valence-corrected chi connectivity index (χ3v) is 9.69. The molecule has 51 heavy (non-hydrogen) atoms. The van der Waals surface area contributed by atoms with E-state index >= 15 is 0 Å². The van der Waals surface area contributed by atoms with Gasteiger partial charge in [-0.2, -0.15) is 0 Å². The number of hydrogen-bond donors (Lipinski definition) is 0. The van der Waals surface area contributed by atoms with Crippen LogP contribution in [0.4, 0.5) is 0 Å². The Balaban J connectivity index is 1.12. The molecule has 0 spiro atoms. The predicted octanol–water partition coefficient (Wildman–Crippen LogP) is 12.4. The first kappa shape index (κ1) is 29.0. The molecule has 8 aromatic carbocycles. The summed E-state index contributed by atoms with van der Waals surface area (Å²) in [5.41, 5.74) is 9.13. The number of furan rings is 1. The summed E-state index contributed by atoms with van der Waals surface area (Å²) in [4.78, 5) is 14.8. The van der Waals surface area contributed by atoms with Gasteiger partial charge in [-0.25, -0.2) is 15.0 Å². The van der Waals surface area contributed by atoms with Crippen LogP contribution in [0.1, 0.15) is 0 Å². The van der Waals surface area contributed by atoms with Crippen molar-refractivity contribution in [3.8, 4) is 56.4 Å². The molecule has 238 valence electrons. The summed E-state index contributed by atoms with van der Waals surface area (Å²) in [7, 11) is 0. The monoisotopic (exact) mass is 651 g/mol. The lowest BCUT2D eigenvalue weighted by Gasteiger charge is -2.10. The Labute approximate surface area is 294 Å². The third kappa shape index (κ3) is 5.13. The Morgan fingerprint density at radius 1 is 0.314 bits per heavy atom. The van der Waals surface area contributed by atoms with Crippen molar-refractivity contribution < 1.29 is 4.42 Å². The van der Waals surface area contributed by atoms with Gasteiger partial charge in [0.15, 0.2) is 17.5 Å². The van der Waals surface area contributed by atoms with E-state index in [-0.39, 0.29) is 0 Å². The van der Waals surface area contributed by atoms with E-state index in [1.54, 1.807) is 0 Å². The zero-order valence-electron chi connectivity index (χ0n) is 27.5. The van der Waals surface area contributed by atoms with Crippen LogP contribution in [-0.4, -0.2) is 15.0 Å². The summed E-state index contributed by atoms with van der Waals surface area (Å²) in [5, 5.41) is 6.92. The zero-order chi connectivity index (χ0) is 33.7. The van der Waals surface area contributed by atoms with E-state index in [0.29, 0.717) is 17.5 Å². The zero-order valence-corrected chi connectivity index (χ0v) is 27.5. The smallest absolute Gasteiger partial charge is 0.164 e. The fourth-order valence-electron chi connectivity index (χ4n) is 7.15. The Morgan fingerprint density at radius 3 is 1.63 bits per heavy atom. The molecule has 0 aliphatic carbocycles. The van der Waals surface area contributed by atoms with Crippen LogP contribution < -0.4 is 0 Å². The molecule has 0 aliphatic heterocycles. The van der Waals surface area contributed by atoms with Crippen LogP contribution in [0.25, 0.3) is 99.9 Å². The molecule has 0 amide bonds. The van der Waals surface area contributed by atoms with E-state index in [1.165, 1.54) is 27.3 Å². The van der Waals surface area contributed by atoms with Crippen molar-refractivity contribution in [3.05, 3.63) is 176 Å². The van der Waals surface area contributed by atoms with Crippen molar-refractivity contribution in [2.45, 2.75) is 0 Å². The molecule has 0 fully saturated rings. The second-order valence-electron chi connectivity index (χ2n) is 12.8. The first-order valence-corrected chi connectivity index (χ1v) is 17.1. The number of hydrogen-bond acceptors (Lipinski definition) is 4. The molecular weight excluding hydrogens is 623 g/mol. The molecule has 0 aliphatic rings. The molecule has 2 aromatic heterocycles. The molecule has 0 N–H and O–H groups in total. The Bertz CT molecular complexity index is 2860. The van der Waals surface area contributed by atoms with E-state index in [4.69, 9.17) is 19.4 Å². The number of fused-ring (bicyclic) bond motifs is 6. The highest BCUT2D eigenvalue weighted by Gasteiger charge is 2.17. The highest BCUT2D eigenvalue weighted by molar-refractivity contribution is 6.19. The maximum absolute atomic E-state index is 6.59. The fraction of sp³-hybridized carbons (Fsp3) is 0. The van der Waals surface area contributed by atoms with Gasteiger partial charge in [-0.15, -0.1) is 0 Å². The van der Waals surface area contributed by atoms with Gasteiger partial charge in [-0.3, -0.25) is 0 Å². The minimum Gasteiger partial charge on any atom is -0.455 e. The van der Waals surface area contributed by atoms with Crippen molar-refractivity contribution >= 4 is 43.5 Å². The molecule has 0 saturated heterocycles. The summed E-state index contributed by atoms with van der Waals surface area (Å²) in [6.07, 6.45) is 0. The van der Waals surface area contributed by atoms with Crippen molar-refractivity contribution in [1.29, 1.82) is 0 Å².